The normalized spacial score (nSPS) is 20.7. The zero-order valence-electron chi connectivity index (χ0n) is 12.1. The second-order valence-corrected chi connectivity index (χ2v) is 6.62. The fourth-order valence-corrected chi connectivity index (χ4v) is 2.66. The van der Waals surface area contributed by atoms with Gasteiger partial charge in [0.1, 0.15) is 0 Å². The van der Waals surface area contributed by atoms with Crippen LogP contribution in [0, 0.1) is 0 Å². The lowest BCUT2D eigenvalue weighted by Gasteiger charge is -2.25. The van der Waals surface area contributed by atoms with Crippen molar-refractivity contribution in [3.8, 4) is 0 Å². The molecule has 0 amide bonds. The van der Waals surface area contributed by atoms with E-state index in [0.717, 1.165) is 12.1 Å². The molecule has 1 nitrogen and oxygen atoms in total. The smallest absolute Gasteiger partial charge is 0.0352 e. The number of hydrogen-bond acceptors (Lipinski definition) is 1. The molecule has 1 atom stereocenters. The average Bonchev–Trinajstić information content (AvgIpc) is 2.29. The number of allylic oxidation sites excluding steroid dienone is 2. The van der Waals surface area contributed by atoms with E-state index in [1.165, 1.54) is 29.5 Å². The van der Waals surface area contributed by atoms with E-state index in [0.29, 0.717) is 5.92 Å². The first-order valence-corrected chi connectivity index (χ1v) is 6.93. The second kappa shape index (κ2) is 4.79. The maximum absolute atomic E-state index is 6.26. The van der Waals surface area contributed by atoms with E-state index in [-0.39, 0.29) is 5.41 Å². The molecule has 0 aliphatic heterocycles. The third-order valence-corrected chi connectivity index (χ3v) is 4.03. The summed E-state index contributed by atoms with van der Waals surface area (Å²) in [6, 6.07) is 6.66. The van der Waals surface area contributed by atoms with Crippen LogP contribution in [0.4, 0.5) is 5.69 Å². The molecule has 0 radical (unpaired) electrons. The van der Waals surface area contributed by atoms with Crippen LogP contribution >= 0.6 is 0 Å². The molecule has 2 rings (SSSR count). The Labute approximate surface area is 111 Å². The van der Waals surface area contributed by atoms with E-state index in [1.807, 2.05) is 0 Å². The van der Waals surface area contributed by atoms with Gasteiger partial charge in [0, 0.05) is 5.69 Å². The number of rotatable bonds is 1. The lowest BCUT2D eigenvalue weighted by atomic mass is 9.81. The van der Waals surface area contributed by atoms with Crippen LogP contribution in [0.5, 0.6) is 0 Å². The van der Waals surface area contributed by atoms with Crippen LogP contribution < -0.4 is 5.73 Å². The van der Waals surface area contributed by atoms with Crippen molar-refractivity contribution in [2.75, 3.05) is 5.73 Å². The Morgan fingerprint density at radius 2 is 1.94 bits per heavy atom. The van der Waals surface area contributed by atoms with Gasteiger partial charge in [0.2, 0.25) is 0 Å². The van der Waals surface area contributed by atoms with Crippen LogP contribution in [-0.4, -0.2) is 0 Å². The van der Waals surface area contributed by atoms with Crippen LogP contribution in [0.3, 0.4) is 0 Å². The van der Waals surface area contributed by atoms with Crippen LogP contribution in [0.2, 0.25) is 0 Å². The fourth-order valence-electron chi connectivity index (χ4n) is 2.66. The van der Waals surface area contributed by atoms with Crippen LogP contribution in [0.15, 0.2) is 29.8 Å². The van der Waals surface area contributed by atoms with Crippen LogP contribution in [0.25, 0.3) is 0 Å². The molecule has 1 aromatic rings. The Balaban J connectivity index is 2.26. The van der Waals surface area contributed by atoms with E-state index in [4.69, 9.17) is 5.73 Å². The third-order valence-electron chi connectivity index (χ3n) is 4.03. The molecule has 18 heavy (non-hydrogen) atoms. The monoisotopic (exact) mass is 243 g/mol. The highest BCUT2D eigenvalue weighted by Crippen LogP contribution is 2.36. The predicted octanol–water partition coefficient (Wildman–Crippen LogP) is 4.78. The number of anilines is 1. The van der Waals surface area contributed by atoms with Gasteiger partial charge in [-0.25, -0.2) is 0 Å². The highest BCUT2D eigenvalue weighted by Gasteiger charge is 2.19. The summed E-state index contributed by atoms with van der Waals surface area (Å²) >= 11 is 0. The highest BCUT2D eigenvalue weighted by atomic mass is 14.6. The molecule has 1 aromatic carbocycles. The number of benzene rings is 1. The van der Waals surface area contributed by atoms with Crippen molar-refractivity contribution in [1.29, 1.82) is 0 Å². The number of nitrogen functional groups attached to an aromatic ring is 1. The first-order chi connectivity index (χ1) is 8.38. The van der Waals surface area contributed by atoms with Crippen molar-refractivity contribution >= 4 is 5.69 Å². The minimum atomic E-state index is 0.176. The van der Waals surface area contributed by atoms with Gasteiger partial charge in [0.05, 0.1) is 0 Å². The molecular weight excluding hydrogens is 218 g/mol. The van der Waals surface area contributed by atoms with E-state index in [2.05, 4.69) is 52.0 Å². The van der Waals surface area contributed by atoms with Crippen molar-refractivity contribution in [2.24, 2.45) is 0 Å². The molecule has 0 fully saturated rings. The van der Waals surface area contributed by atoms with E-state index in [1.54, 1.807) is 0 Å². The van der Waals surface area contributed by atoms with Gasteiger partial charge in [-0.15, -0.1) is 0 Å². The molecular formula is C17H25N. The maximum Gasteiger partial charge on any atom is 0.0352 e. The van der Waals surface area contributed by atoms with Gasteiger partial charge in [-0.05, 0) is 54.7 Å². The summed E-state index contributed by atoms with van der Waals surface area (Å²) in [4.78, 5) is 0. The molecule has 0 spiro atoms. The van der Waals surface area contributed by atoms with Crippen molar-refractivity contribution in [3.63, 3.8) is 0 Å². The molecule has 0 aromatic heterocycles. The Morgan fingerprint density at radius 1 is 1.22 bits per heavy atom. The Kier molecular flexibility index (Phi) is 3.52. The van der Waals surface area contributed by atoms with E-state index in [9.17, 15) is 0 Å². The summed E-state index contributed by atoms with van der Waals surface area (Å²) < 4.78 is 0. The molecule has 0 saturated heterocycles. The van der Waals surface area contributed by atoms with E-state index < -0.39 is 0 Å². The standard InChI is InChI=1S/C17H25N/c1-12-5-7-13(8-6-12)15-10-9-14(11-16(15)18)17(2,3)4/h5,9-11,13H,6-8,18H2,1-4H3. The van der Waals surface area contributed by atoms with E-state index >= 15 is 0 Å². The summed E-state index contributed by atoms with van der Waals surface area (Å²) in [5, 5.41) is 0. The number of nitrogens with two attached hydrogens (primary N) is 1. The number of hydrogen-bond donors (Lipinski definition) is 1. The van der Waals surface area contributed by atoms with Gasteiger partial charge < -0.3 is 5.73 Å². The molecule has 0 saturated carbocycles. The van der Waals surface area contributed by atoms with Crippen molar-refractivity contribution in [2.45, 2.75) is 58.3 Å². The summed E-state index contributed by atoms with van der Waals surface area (Å²) in [7, 11) is 0. The third kappa shape index (κ3) is 2.77. The van der Waals surface area contributed by atoms with Gasteiger partial charge in [0.15, 0.2) is 0 Å². The summed E-state index contributed by atoms with van der Waals surface area (Å²) in [6.45, 7) is 8.92. The molecule has 1 unspecified atom stereocenters. The SMILES string of the molecule is CC1=CCC(c2ccc(C(C)(C)C)cc2N)CC1. The lowest BCUT2D eigenvalue weighted by Crippen LogP contribution is -2.13. The van der Waals surface area contributed by atoms with Crippen LogP contribution in [-0.2, 0) is 5.41 Å². The fraction of sp³-hybridized carbons (Fsp3) is 0.529. The van der Waals surface area contributed by atoms with Crippen molar-refractivity contribution < 1.29 is 0 Å². The zero-order chi connectivity index (χ0) is 13.3. The van der Waals surface area contributed by atoms with Gasteiger partial charge in [-0.1, -0.05) is 44.6 Å². The quantitative estimate of drug-likeness (QED) is 0.557. The average molecular weight is 243 g/mol. The Morgan fingerprint density at radius 3 is 2.44 bits per heavy atom. The van der Waals surface area contributed by atoms with Gasteiger partial charge in [-0.2, -0.15) is 0 Å². The Bertz CT molecular complexity index is 463. The molecule has 98 valence electrons. The lowest BCUT2D eigenvalue weighted by molar-refractivity contribution is 0.584. The molecule has 1 aliphatic carbocycles. The first kappa shape index (κ1) is 13.2. The van der Waals surface area contributed by atoms with Gasteiger partial charge >= 0.3 is 0 Å². The van der Waals surface area contributed by atoms with Crippen molar-refractivity contribution in [3.05, 3.63) is 41.0 Å². The molecule has 2 N–H and O–H groups in total. The summed E-state index contributed by atoms with van der Waals surface area (Å²) in [5.74, 6) is 0.614. The zero-order valence-corrected chi connectivity index (χ0v) is 12.1. The molecule has 0 heterocycles. The van der Waals surface area contributed by atoms with Gasteiger partial charge in [-0.3, -0.25) is 0 Å². The van der Waals surface area contributed by atoms with Crippen molar-refractivity contribution in [1.82, 2.24) is 0 Å². The highest BCUT2D eigenvalue weighted by molar-refractivity contribution is 5.52. The molecule has 1 aliphatic rings. The predicted molar refractivity (Wildman–Crippen MR) is 79.9 cm³/mol. The second-order valence-electron chi connectivity index (χ2n) is 6.62. The van der Waals surface area contributed by atoms with Gasteiger partial charge in [0.25, 0.3) is 0 Å². The minimum absolute atomic E-state index is 0.176. The summed E-state index contributed by atoms with van der Waals surface area (Å²) in [6.07, 6.45) is 5.96. The molecule has 1 heteroatoms. The topological polar surface area (TPSA) is 26.0 Å². The maximum atomic E-state index is 6.26. The Hall–Kier alpha value is -1.24. The molecule has 0 bridgehead atoms. The minimum Gasteiger partial charge on any atom is -0.398 e. The first-order valence-electron chi connectivity index (χ1n) is 6.93. The van der Waals surface area contributed by atoms with Crippen LogP contribution in [0.1, 0.15) is 64.0 Å². The largest absolute Gasteiger partial charge is 0.398 e. The summed E-state index contributed by atoms with van der Waals surface area (Å²) in [5.41, 5.74) is 11.6.